The molecule has 1 N–H and O–H groups in total. The van der Waals surface area contributed by atoms with Gasteiger partial charge in [0, 0.05) is 13.2 Å². The zero-order valence-electron chi connectivity index (χ0n) is 10.0. The first-order chi connectivity index (χ1) is 7.13. The Morgan fingerprint density at radius 3 is 2.60 bits per heavy atom. The number of carboxylic acids is 1. The smallest absolute Gasteiger partial charge is 0.320 e. The summed E-state index contributed by atoms with van der Waals surface area (Å²) < 4.78 is 5.20. The Labute approximate surface area is 92.2 Å². The largest absolute Gasteiger partial charge is 0.480 e. The molecule has 0 amide bonds. The number of rotatable bonds is 9. The Hall–Kier alpha value is -0.610. The van der Waals surface area contributed by atoms with Crippen LogP contribution in [0.5, 0.6) is 0 Å². The SMILES string of the molecule is CCCCC(C(=O)O)N(C)CCOCC. The van der Waals surface area contributed by atoms with Crippen LogP contribution in [0.3, 0.4) is 0 Å². The normalized spacial score (nSPS) is 13.1. The Balaban J connectivity index is 3.93. The van der Waals surface area contributed by atoms with Gasteiger partial charge in [0.05, 0.1) is 6.61 Å². The highest BCUT2D eigenvalue weighted by Gasteiger charge is 2.21. The zero-order chi connectivity index (χ0) is 11.7. The molecule has 0 saturated heterocycles. The second-order valence-electron chi connectivity index (χ2n) is 3.67. The summed E-state index contributed by atoms with van der Waals surface area (Å²) >= 11 is 0. The first-order valence-electron chi connectivity index (χ1n) is 5.64. The summed E-state index contributed by atoms with van der Waals surface area (Å²) in [7, 11) is 1.84. The Kier molecular flexibility index (Phi) is 8.33. The van der Waals surface area contributed by atoms with Crippen molar-refractivity contribution < 1.29 is 14.6 Å². The fourth-order valence-electron chi connectivity index (χ4n) is 1.44. The molecule has 0 aliphatic rings. The number of hydrogen-bond acceptors (Lipinski definition) is 3. The van der Waals surface area contributed by atoms with Crippen LogP contribution in [0.15, 0.2) is 0 Å². The van der Waals surface area contributed by atoms with Gasteiger partial charge in [-0.15, -0.1) is 0 Å². The first-order valence-corrected chi connectivity index (χ1v) is 5.64. The van der Waals surface area contributed by atoms with E-state index in [0.29, 0.717) is 26.2 Å². The number of nitrogens with zero attached hydrogens (tertiary/aromatic N) is 1. The molecule has 15 heavy (non-hydrogen) atoms. The van der Waals surface area contributed by atoms with E-state index in [1.54, 1.807) is 0 Å². The molecule has 90 valence electrons. The average molecular weight is 217 g/mol. The van der Waals surface area contributed by atoms with E-state index in [1.807, 2.05) is 18.9 Å². The van der Waals surface area contributed by atoms with Crippen LogP contribution in [-0.4, -0.2) is 48.8 Å². The average Bonchev–Trinajstić information content (AvgIpc) is 2.18. The van der Waals surface area contributed by atoms with Crippen molar-refractivity contribution in [2.45, 2.75) is 39.2 Å². The van der Waals surface area contributed by atoms with E-state index in [0.717, 1.165) is 12.8 Å². The maximum Gasteiger partial charge on any atom is 0.320 e. The van der Waals surface area contributed by atoms with Crippen molar-refractivity contribution in [3.63, 3.8) is 0 Å². The van der Waals surface area contributed by atoms with Gasteiger partial charge in [0.1, 0.15) is 6.04 Å². The molecule has 0 aliphatic carbocycles. The lowest BCUT2D eigenvalue weighted by Gasteiger charge is -2.24. The van der Waals surface area contributed by atoms with Crippen LogP contribution in [-0.2, 0) is 9.53 Å². The van der Waals surface area contributed by atoms with Crippen molar-refractivity contribution in [1.29, 1.82) is 0 Å². The third-order valence-corrected chi connectivity index (χ3v) is 2.44. The van der Waals surface area contributed by atoms with Gasteiger partial charge in [0.25, 0.3) is 0 Å². The molecule has 1 atom stereocenters. The lowest BCUT2D eigenvalue weighted by Crippen LogP contribution is -2.40. The summed E-state index contributed by atoms with van der Waals surface area (Å²) in [5, 5.41) is 9.04. The van der Waals surface area contributed by atoms with Gasteiger partial charge in [0.15, 0.2) is 0 Å². The highest BCUT2D eigenvalue weighted by atomic mass is 16.5. The van der Waals surface area contributed by atoms with Crippen LogP contribution in [0.4, 0.5) is 0 Å². The summed E-state index contributed by atoms with van der Waals surface area (Å²) in [5.74, 6) is -0.734. The summed E-state index contributed by atoms with van der Waals surface area (Å²) in [5.41, 5.74) is 0. The number of carboxylic acid groups (broad SMARTS) is 1. The highest BCUT2D eigenvalue weighted by Crippen LogP contribution is 2.07. The van der Waals surface area contributed by atoms with Gasteiger partial charge < -0.3 is 9.84 Å². The third kappa shape index (κ3) is 6.47. The Bertz CT molecular complexity index is 173. The lowest BCUT2D eigenvalue weighted by atomic mass is 10.1. The van der Waals surface area contributed by atoms with Crippen LogP contribution in [0.1, 0.15) is 33.1 Å². The zero-order valence-corrected chi connectivity index (χ0v) is 10.0. The quantitative estimate of drug-likeness (QED) is 0.596. The molecule has 0 rings (SSSR count). The molecule has 0 spiro atoms. The van der Waals surface area contributed by atoms with Crippen LogP contribution in [0.25, 0.3) is 0 Å². The van der Waals surface area contributed by atoms with Gasteiger partial charge in [-0.1, -0.05) is 19.8 Å². The predicted octanol–water partition coefficient (Wildman–Crippen LogP) is 1.60. The summed E-state index contributed by atoms with van der Waals surface area (Å²) in [4.78, 5) is 12.9. The van der Waals surface area contributed by atoms with Crippen molar-refractivity contribution in [3.8, 4) is 0 Å². The van der Waals surface area contributed by atoms with Crippen molar-refractivity contribution in [2.75, 3.05) is 26.8 Å². The number of ether oxygens (including phenoxy) is 1. The molecule has 4 nitrogen and oxygen atoms in total. The highest BCUT2D eigenvalue weighted by molar-refractivity contribution is 5.73. The molecule has 0 heterocycles. The number of unbranched alkanes of at least 4 members (excludes halogenated alkanes) is 1. The van der Waals surface area contributed by atoms with Gasteiger partial charge in [-0.2, -0.15) is 0 Å². The number of likely N-dealkylation sites (N-methyl/N-ethyl adjacent to an activating group) is 1. The molecule has 1 unspecified atom stereocenters. The summed E-state index contributed by atoms with van der Waals surface area (Å²) in [6.07, 6.45) is 2.70. The van der Waals surface area contributed by atoms with Gasteiger partial charge >= 0.3 is 5.97 Å². The van der Waals surface area contributed by atoms with E-state index >= 15 is 0 Å². The molecule has 0 radical (unpaired) electrons. The van der Waals surface area contributed by atoms with Crippen LogP contribution in [0, 0.1) is 0 Å². The Morgan fingerprint density at radius 2 is 2.13 bits per heavy atom. The van der Waals surface area contributed by atoms with Crippen molar-refractivity contribution >= 4 is 5.97 Å². The first kappa shape index (κ1) is 14.4. The molecular formula is C11H23NO3. The second kappa shape index (κ2) is 8.68. The standard InChI is InChI=1S/C11H23NO3/c1-4-6-7-10(11(13)14)12(3)8-9-15-5-2/h10H,4-9H2,1-3H3,(H,13,14). The van der Waals surface area contributed by atoms with Crippen molar-refractivity contribution in [1.82, 2.24) is 4.90 Å². The minimum Gasteiger partial charge on any atom is -0.480 e. The lowest BCUT2D eigenvalue weighted by molar-refractivity contribution is -0.143. The molecule has 0 aromatic heterocycles. The van der Waals surface area contributed by atoms with E-state index in [4.69, 9.17) is 9.84 Å². The van der Waals surface area contributed by atoms with Gasteiger partial charge in [-0.05, 0) is 20.4 Å². The molecule has 0 aromatic rings. The maximum absolute atomic E-state index is 11.0. The van der Waals surface area contributed by atoms with Crippen molar-refractivity contribution in [3.05, 3.63) is 0 Å². The number of hydrogen-bond donors (Lipinski definition) is 1. The molecule has 0 aromatic carbocycles. The molecule has 4 heteroatoms. The monoisotopic (exact) mass is 217 g/mol. The second-order valence-corrected chi connectivity index (χ2v) is 3.67. The van der Waals surface area contributed by atoms with Gasteiger partial charge in [0.2, 0.25) is 0 Å². The minimum atomic E-state index is -0.734. The fraction of sp³-hybridized carbons (Fsp3) is 0.909. The van der Waals surface area contributed by atoms with Gasteiger partial charge in [-0.3, -0.25) is 9.69 Å². The number of aliphatic carboxylic acids is 1. The van der Waals surface area contributed by atoms with Crippen molar-refractivity contribution in [2.24, 2.45) is 0 Å². The van der Waals surface area contributed by atoms with E-state index in [9.17, 15) is 4.79 Å². The van der Waals surface area contributed by atoms with E-state index < -0.39 is 5.97 Å². The third-order valence-electron chi connectivity index (χ3n) is 2.44. The number of carbonyl (C=O) groups is 1. The topological polar surface area (TPSA) is 49.8 Å². The molecule has 0 aliphatic heterocycles. The fourth-order valence-corrected chi connectivity index (χ4v) is 1.44. The molecular weight excluding hydrogens is 194 g/mol. The molecule has 0 saturated carbocycles. The van der Waals surface area contributed by atoms with Crippen LogP contribution < -0.4 is 0 Å². The van der Waals surface area contributed by atoms with Crippen LogP contribution >= 0.6 is 0 Å². The minimum absolute atomic E-state index is 0.370. The van der Waals surface area contributed by atoms with E-state index in [-0.39, 0.29) is 6.04 Å². The van der Waals surface area contributed by atoms with E-state index in [1.165, 1.54) is 0 Å². The molecule has 0 bridgehead atoms. The van der Waals surface area contributed by atoms with Crippen LogP contribution in [0.2, 0.25) is 0 Å². The van der Waals surface area contributed by atoms with E-state index in [2.05, 4.69) is 6.92 Å². The summed E-state index contributed by atoms with van der Waals surface area (Å²) in [6, 6.07) is -0.370. The maximum atomic E-state index is 11.0. The predicted molar refractivity (Wildman–Crippen MR) is 60.1 cm³/mol. The van der Waals surface area contributed by atoms with Gasteiger partial charge in [-0.25, -0.2) is 0 Å². The molecule has 0 fully saturated rings. The Morgan fingerprint density at radius 1 is 1.47 bits per heavy atom. The summed E-state index contributed by atoms with van der Waals surface area (Å²) in [6.45, 7) is 5.96.